The minimum Gasteiger partial charge on any atom is -0.310 e. The molecule has 0 radical (unpaired) electrons. The zero-order valence-electron chi connectivity index (χ0n) is 11.9. The van der Waals surface area contributed by atoms with Crippen LogP contribution < -0.4 is 5.32 Å². The first-order chi connectivity index (χ1) is 9.15. The second-order valence-corrected chi connectivity index (χ2v) is 7.02. The number of rotatable bonds is 5. The van der Waals surface area contributed by atoms with E-state index in [-0.39, 0.29) is 5.82 Å². The van der Waals surface area contributed by atoms with Crippen LogP contribution in [0.5, 0.6) is 0 Å². The Labute approximate surface area is 120 Å². The van der Waals surface area contributed by atoms with E-state index >= 15 is 0 Å². The lowest BCUT2D eigenvalue weighted by molar-refractivity contribution is 0.514. The van der Waals surface area contributed by atoms with Crippen molar-refractivity contribution in [1.29, 1.82) is 0 Å². The summed E-state index contributed by atoms with van der Waals surface area (Å²) in [6, 6.07) is 6.11. The van der Waals surface area contributed by atoms with Crippen LogP contribution in [0.4, 0.5) is 4.39 Å². The highest BCUT2D eigenvalue weighted by Gasteiger charge is 2.16. The Hall–Kier alpha value is -0.540. The van der Waals surface area contributed by atoms with Crippen LogP contribution in [0.2, 0.25) is 0 Å². The first kappa shape index (κ1) is 14.9. The van der Waals surface area contributed by atoms with Gasteiger partial charge in [-0.1, -0.05) is 39.2 Å². The fourth-order valence-corrected chi connectivity index (χ4v) is 3.68. The van der Waals surface area contributed by atoms with Gasteiger partial charge in [-0.3, -0.25) is 0 Å². The summed E-state index contributed by atoms with van der Waals surface area (Å²) < 4.78 is 14.1. The van der Waals surface area contributed by atoms with E-state index in [1.165, 1.54) is 32.1 Å². The van der Waals surface area contributed by atoms with Crippen LogP contribution in [0.15, 0.2) is 23.1 Å². The molecule has 1 aliphatic carbocycles. The van der Waals surface area contributed by atoms with E-state index in [9.17, 15) is 4.39 Å². The van der Waals surface area contributed by atoms with Gasteiger partial charge in [0, 0.05) is 22.7 Å². The van der Waals surface area contributed by atoms with Crippen molar-refractivity contribution in [2.24, 2.45) is 0 Å². The van der Waals surface area contributed by atoms with Gasteiger partial charge in [0.2, 0.25) is 0 Å². The Morgan fingerprint density at radius 2 is 2.00 bits per heavy atom. The molecule has 0 heterocycles. The summed E-state index contributed by atoms with van der Waals surface area (Å²) >= 11 is 1.73. The zero-order valence-corrected chi connectivity index (χ0v) is 12.7. The van der Waals surface area contributed by atoms with Crippen LogP contribution >= 0.6 is 11.8 Å². The first-order valence-corrected chi connectivity index (χ1v) is 8.21. The van der Waals surface area contributed by atoms with E-state index in [0.29, 0.717) is 11.3 Å². The largest absolute Gasteiger partial charge is 0.310 e. The molecule has 1 aromatic rings. The van der Waals surface area contributed by atoms with Crippen LogP contribution in [0, 0.1) is 5.82 Å². The van der Waals surface area contributed by atoms with Crippen LogP contribution in [0.1, 0.15) is 51.5 Å². The molecule has 0 spiro atoms. The van der Waals surface area contributed by atoms with Gasteiger partial charge in [0.15, 0.2) is 0 Å². The van der Waals surface area contributed by atoms with Crippen LogP contribution in [0.3, 0.4) is 0 Å². The molecule has 1 fully saturated rings. The number of hydrogen-bond donors (Lipinski definition) is 1. The van der Waals surface area contributed by atoms with Gasteiger partial charge in [-0.25, -0.2) is 4.39 Å². The molecule has 0 amide bonds. The van der Waals surface area contributed by atoms with Gasteiger partial charge in [0.1, 0.15) is 5.82 Å². The standard InChI is InChI=1S/C16H24FNS/c1-12(2)18-11-13-8-9-16(15(17)10-13)19-14-6-4-3-5-7-14/h8-10,12,14,18H,3-7,11H2,1-2H3. The molecule has 0 saturated heterocycles. The summed E-state index contributed by atoms with van der Waals surface area (Å²) in [5, 5.41) is 3.93. The molecule has 0 aromatic heterocycles. The third-order valence-electron chi connectivity index (χ3n) is 3.56. The van der Waals surface area contributed by atoms with Crippen molar-refractivity contribution in [3.63, 3.8) is 0 Å². The molecule has 1 aliphatic rings. The Bertz CT molecular complexity index is 400. The Morgan fingerprint density at radius 1 is 1.26 bits per heavy atom. The fourth-order valence-electron chi connectivity index (χ4n) is 2.43. The summed E-state index contributed by atoms with van der Waals surface area (Å²) in [6.45, 7) is 4.94. The molecule has 0 unspecified atom stereocenters. The average molecular weight is 281 g/mol. The Kier molecular flexibility index (Phi) is 5.71. The third kappa shape index (κ3) is 4.81. The van der Waals surface area contributed by atoms with Crippen LogP contribution in [0.25, 0.3) is 0 Å². The van der Waals surface area contributed by atoms with Gasteiger partial charge in [-0.05, 0) is 30.5 Å². The Balaban J connectivity index is 1.94. The van der Waals surface area contributed by atoms with Crippen molar-refractivity contribution >= 4 is 11.8 Å². The van der Waals surface area contributed by atoms with Gasteiger partial charge < -0.3 is 5.32 Å². The highest BCUT2D eigenvalue weighted by atomic mass is 32.2. The summed E-state index contributed by atoms with van der Waals surface area (Å²) in [6.07, 6.45) is 6.42. The topological polar surface area (TPSA) is 12.0 Å². The first-order valence-electron chi connectivity index (χ1n) is 7.33. The normalized spacial score (nSPS) is 17.1. The molecule has 0 bridgehead atoms. The minimum absolute atomic E-state index is 0.0568. The highest BCUT2D eigenvalue weighted by Crippen LogP contribution is 2.34. The number of halogens is 1. The van der Waals surface area contributed by atoms with E-state index < -0.39 is 0 Å². The van der Waals surface area contributed by atoms with Crippen molar-refractivity contribution in [3.05, 3.63) is 29.6 Å². The predicted molar refractivity (Wildman–Crippen MR) is 81.1 cm³/mol. The second-order valence-electron chi connectivity index (χ2n) is 5.68. The van der Waals surface area contributed by atoms with Gasteiger partial charge >= 0.3 is 0 Å². The number of hydrogen-bond acceptors (Lipinski definition) is 2. The average Bonchev–Trinajstić information content (AvgIpc) is 2.40. The van der Waals surface area contributed by atoms with E-state index in [2.05, 4.69) is 19.2 Å². The molecule has 1 nitrogen and oxygen atoms in total. The van der Waals surface area contributed by atoms with Gasteiger partial charge in [0.25, 0.3) is 0 Å². The van der Waals surface area contributed by atoms with Crippen molar-refractivity contribution in [2.45, 2.75) is 68.7 Å². The fraction of sp³-hybridized carbons (Fsp3) is 0.625. The van der Waals surface area contributed by atoms with E-state index in [0.717, 1.165) is 17.0 Å². The maximum Gasteiger partial charge on any atom is 0.137 e. The van der Waals surface area contributed by atoms with Crippen molar-refractivity contribution in [2.75, 3.05) is 0 Å². The molecule has 106 valence electrons. The minimum atomic E-state index is -0.0568. The maximum atomic E-state index is 14.1. The van der Waals surface area contributed by atoms with Crippen LogP contribution in [-0.2, 0) is 6.54 Å². The molecule has 2 rings (SSSR count). The third-order valence-corrected chi connectivity index (χ3v) is 4.95. The number of nitrogens with one attached hydrogen (secondary N) is 1. The molecule has 3 heteroatoms. The monoisotopic (exact) mass is 281 g/mol. The maximum absolute atomic E-state index is 14.1. The lowest BCUT2D eigenvalue weighted by Crippen LogP contribution is -2.21. The van der Waals surface area contributed by atoms with E-state index in [1.807, 2.05) is 12.1 Å². The summed E-state index contributed by atoms with van der Waals surface area (Å²) in [5.41, 5.74) is 1.03. The molecule has 1 aromatic carbocycles. The molecule has 1 saturated carbocycles. The Morgan fingerprint density at radius 3 is 2.63 bits per heavy atom. The summed E-state index contributed by atoms with van der Waals surface area (Å²) in [4.78, 5) is 0.820. The van der Waals surface area contributed by atoms with Crippen molar-refractivity contribution in [3.8, 4) is 0 Å². The molecule has 0 atom stereocenters. The lowest BCUT2D eigenvalue weighted by Gasteiger charge is -2.21. The van der Waals surface area contributed by atoms with E-state index in [4.69, 9.17) is 0 Å². The zero-order chi connectivity index (χ0) is 13.7. The van der Waals surface area contributed by atoms with Gasteiger partial charge in [-0.15, -0.1) is 11.8 Å². The van der Waals surface area contributed by atoms with Crippen LogP contribution in [-0.4, -0.2) is 11.3 Å². The summed E-state index contributed by atoms with van der Waals surface area (Å²) in [5.74, 6) is -0.0568. The SMILES string of the molecule is CC(C)NCc1ccc(SC2CCCCC2)c(F)c1. The summed E-state index contributed by atoms with van der Waals surface area (Å²) in [7, 11) is 0. The highest BCUT2D eigenvalue weighted by molar-refractivity contribution is 8.00. The number of thioether (sulfide) groups is 1. The molecule has 1 N–H and O–H groups in total. The lowest BCUT2D eigenvalue weighted by atomic mass is 10.0. The smallest absolute Gasteiger partial charge is 0.137 e. The van der Waals surface area contributed by atoms with Gasteiger partial charge in [0.05, 0.1) is 0 Å². The van der Waals surface area contributed by atoms with Gasteiger partial charge in [-0.2, -0.15) is 0 Å². The quantitative estimate of drug-likeness (QED) is 0.836. The molecular formula is C16H24FNS. The predicted octanol–water partition coefficient (Wildman–Crippen LogP) is 4.75. The molecule has 19 heavy (non-hydrogen) atoms. The number of benzene rings is 1. The molecule has 0 aliphatic heterocycles. The molecular weight excluding hydrogens is 257 g/mol. The van der Waals surface area contributed by atoms with Crippen molar-refractivity contribution < 1.29 is 4.39 Å². The van der Waals surface area contributed by atoms with E-state index in [1.54, 1.807) is 17.8 Å². The second kappa shape index (κ2) is 7.30. The van der Waals surface area contributed by atoms with Crippen molar-refractivity contribution in [1.82, 2.24) is 5.32 Å².